The molecular weight excluding hydrogens is 78.0 g/mol. The first kappa shape index (κ1) is 5.50. The molecule has 0 heterocycles. The van der Waals surface area contributed by atoms with E-state index in [2.05, 4.69) is 0 Å². The van der Waals surface area contributed by atoms with Gasteiger partial charge in [-0.1, -0.05) is 6.08 Å². The predicted molar refractivity (Wildman–Crippen MR) is 24.4 cm³/mol. The first-order valence-electron chi connectivity index (χ1n) is 1.82. The Morgan fingerprint density at radius 3 is 2.17 bits per heavy atom. The number of hydrogen-bond acceptors (Lipinski definition) is 2. The Kier molecular flexibility index (Phi) is 2.50. The second-order valence-electron chi connectivity index (χ2n) is 1.06. The highest BCUT2D eigenvalue weighted by atomic mass is 16.5. The van der Waals surface area contributed by atoms with Gasteiger partial charge in [0.2, 0.25) is 0 Å². The summed E-state index contributed by atoms with van der Waals surface area (Å²) < 4.78 is 0. The number of hydrogen-bond donors (Lipinski definition) is 1. The van der Waals surface area contributed by atoms with Gasteiger partial charge in [0, 0.05) is 13.2 Å². The van der Waals surface area contributed by atoms with Crippen LogP contribution in [-0.4, -0.2) is 17.3 Å². The van der Waals surface area contributed by atoms with Crippen LogP contribution in [0.4, 0.5) is 0 Å². The zero-order valence-corrected chi connectivity index (χ0v) is 4.05. The lowest BCUT2D eigenvalue weighted by molar-refractivity contribution is -0.0130. The van der Waals surface area contributed by atoms with Crippen molar-refractivity contribution in [3.8, 4) is 0 Å². The minimum Gasteiger partial charge on any atom is -0.289 e. The molecule has 0 aromatic rings. The van der Waals surface area contributed by atoms with Crippen molar-refractivity contribution >= 4 is 0 Å². The van der Waals surface area contributed by atoms with Crippen LogP contribution < -0.4 is 0 Å². The van der Waals surface area contributed by atoms with Gasteiger partial charge in [0.05, 0.1) is 0 Å². The van der Waals surface area contributed by atoms with E-state index in [-0.39, 0.29) is 0 Å². The molecule has 0 aliphatic carbocycles. The number of nitrogens with zero attached hydrogens (tertiary/aromatic N) is 1. The molecule has 6 heavy (non-hydrogen) atoms. The van der Waals surface area contributed by atoms with Crippen LogP contribution in [0.3, 0.4) is 0 Å². The van der Waals surface area contributed by atoms with Gasteiger partial charge in [-0.05, 0) is 6.92 Å². The highest BCUT2D eigenvalue weighted by Crippen LogP contribution is 1.71. The Morgan fingerprint density at radius 2 is 2.17 bits per heavy atom. The zero-order valence-electron chi connectivity index (χ0n) is 4.05. The molecule has 1 N–H and O–H groups in total. The van der Waals surface area contributed by atoms with Gasteiger partial charge in [-0.2, -0.15) is 0 Å². The van der Waals surface area contributed by atoms with E-state index in [9.17, 15) is 0 Å². The van der Waals surface area contributed by atoms with Gasteiger partial charge >= 0.3 is 0 Å². The average Bonchev–Trinajstić information content (AvgIpc) is 1.35. The Labute approximate surface area is 37.7 Å². The van der Waals surface area contributed by atoms with Crippen LogP contribution in [0.15, 0.2) is 12.3 Å². The fourth-order valence-corrected chi connectivity index (χ4v) is 0.216. The van der Waals surface area contributed by atoms with Crippen molar-refractivity contribution < 1.29 is 5.21 Å². The van der Waals surface area contributed by atoms with Crippen molar-refractivity contribution in [2.24, 2.45) is 0 Å². The van der Waals surface area contributed by atoms with Crippen LogP contribution in [-0.2, 0) is 0 Å². The monoisotopic (exact) mass is 87.1 g/mol. The molecule has 0 aliphatic heterocycles. The van der Waals surface area contributed by atoms with Crippen molar-refractivity contribution in [1.82, 2.24) is 5.06 Å². The van der Waals surface area contributed by atoms with Crippen LogP contribution in [0.1, 0.15) is 6.92 Å². The quantitative estimate of drug-likeness (QED) is 0.479. The summed E-state index contributed by atoms with van der Waals surface area (Å²) in [6, 6.07) is 0. The highest BCUT2D eigenvalue weighted by Gasteiger charge is 1.67. The summed E-state index contributed by atoms with van der Waals surface area (Å²) >= 11 is 0. The van der Waals surface area contributed by atoms with Gasteiger partial charge in [-0.15, -0.1) is 0 Å². The summed E-state index contributed by atoms with van der Waals surface area (Å²) in [6.07, 6.45) is 3.31. The largest absolute Gasteiger partial charge is 0.289 e. The van der Waals surface area contributed by atoms with E-state index in [4.69, 9.17) is 5.21 Å². The maximum absolute atomic E-state index is 8.30. The standard InChI is InChI=1S/C4H9NO/c1-3-4-5(2)6/h3-4,6H,1-2H3/b4-3-. The van der Waals surface area contributed by atoms with Gasteiger partial charge in [0.15, 0.2) is 0 Å². The number of hydroxylamine groups is 2. The molecule has 0 unspecified atom stereocenters. The van der Waals surface area contributed by atoms with Crippen molar-refractivity contribution in [3.05, 3.63) is 12.3 Å². The third-order valence-electron chi connectivity index (χ3n) is 0.365. The highest BCUT2D eigenvalue weighted by molar-refractivity contribution is 4.69. The lowest BCUT2D eigenvalue weighted by atomic mass is 10.7. The minimum absolute atomic E-state index is 1.00. The van der Waals surface area contributed by atoms with Crippen LogP contribution in [0.5, 0.6) is 0 Å². The molecular formula is C4H9NO. The van der Waals surface area contributed by atoms with E-state index in [1.165, 1.54) is 0 Å². The third kappa shape index (κ3) is 3.50. The Hall–Kier alpha value is -0.500. The minimum atomic E-state index is 1.00. The molecule has 0 aromatic heterocycles. The third-order valence-corrected chi connectivity index (χ3v) is 0.365. The fourth-order valence-electron chi connectivity index (χ4n) is 0.216. The molecule has 2 heteroatoms. The van der Waals surface area contributed by atoms with E-state index < -0.39 is 0 Å². The number of rotatable bonds is 1. The molecule has 0 radical (unpaired) electrons. The molecule has 36 valence electrons. The molecule has 0 bridgehead atoms. The van der Waals surface area contributed by atoms with E-state index in [0.29, 0.717) is 0 Å². The Morgan fingerprint density at radius 1 is 1.67 bits per heavy atom. The molecule has 0 rings (SSSR count). The zero-order chi connectivity index (χ0) is 4.99. The van der Waals surface area contributed by atoms with Crippen LogP contribution in [0.2, 0.25) is 0 Å². The molecule has 0 amide bonds. The first-order valence-corrected chi connectivity index (χ1v) is 1.82. The second kappa shape index (κ2) is 2.72. The molecule has 0 aromatic carbocycles. The lowest BCUT2D eigenvalue weighted by Gasteiger charge is -1.97. The van der Waals surface area contributed by atoms with Crippen LogP contribution in [0.25, 0.3) is 0 Å². The van der Waals surface area contributed by atoms with E-state index in [1.54, 1.807) is 19.3 Å². The van der Waals surface area contributed by atoms with Gasteiger partial charge in [0.25, 0.3) is 0 Å². The average molecular weight is 87.1 g/mol. The van der Waals surface area contributed by atoms with E-state index >= 15 is 0 Å². The molecule has 0 spiro atoms. The first-order chi connectivity index (χ1) is 2.77. The van der Waals surface area contributed by atoms with Gasteiger partial charge in [-0.25, -0.2) is 0 Å². The maximum Gasteiger partial charge on any atom is 0.0334 e. The SMILES string of the molecule is C/C=C\N(C)O. The topological polar surface area (TPSA) is 23.5 Å². The molecule has 0 fully saturated rings. The van der Waals surface area contributed by atoms with Crippen molar-refractivity contribution in [3.63, 3.8) is 0 Å². The van der Waals surface area contributed by atoms with E-state index in [0.717, 1.165) is 5.06 Å². The van der Waals surface area contributed by atoms with Crippen molar-refractivity contribution in [1.29, 1.82) is 0 Å². The van der Waals surface area contributed by atoms with E-state index in [1.807, 2.05) is 6.92 Å². The van der Waals surface area contributed by atoms with Crippen LogP contribution in [0, 0.1) is 0 Å². The Balaban J connectivity index is 3.03. The summed E-state index contributed by atoms with van der Waals surface area (Å²) in [7, 11) is 1.56. The second-order valence-corrected chi connectivity index (χ2v) is 1.06. The summed E-state index contributed by atoms with van der Waals surface area (Å²) in [4.78, 5) is 0. The molecule has 2 nitrogen and oxygen atoms in total. The maximum atomic E-state index is 8.30. The van der Waals surface area contributed by atoms with Crippen molar-refractivity contribution in [2.75, 3.05) is 7.05 Å². The molecule has 0 saturated heterocycles. The Bertz CT molecular complexity index is 49.5. The number of allylic oxidation sites excluding steroid dienone is 1. The van der Waals surface area contributed by atoms with Crippen molar-refractivity contribution in [2.45, 2.75) is 6.92 Å². The molecule has 0 aliphatic rings. The van der Waals surface area contributed by atoms with Crippen LogP contribution >= 0.6 is 0 Å². The fraction of sp³-hybridized carbons (Fsp3) is 0.500. The van der Waals surface area contributed by atoms with Gasteiger partial charge in [-0.3, -0.25) is 10.3 Å². The smallest absolute Gasteiger partial charge is 0.0334 e. The van der Waals surface area contributed by atoms with Gasteiger partial charge in [0.1, 0.15) is 0 Å². The lowest BCUT2D eigenvalue weighted by Crippen LogP contribution is -2.00. The summed E-state index contributed by atoms with van der Waals surface area (Å²) in [5, 5.41) is 9.30. The summed E-state index contributed by atoms with van der Waals surface area (Å²) in [5.74, 6) is 0. The van der Waals surface area contributed by atoms with Gasteiger partial charge < -0.3 is 0 Å². The normalized spacial score (nSPS) is 9.83. The predicted octanol–water partition coefficient (Wildman–Crippen LogP) is 0.841. The molecule has 0 atom stereocenters. The summed E-state index contributed by atoms with van der Waals surface area (Å²) in [5.41, 5.74) is 0. The molecule has 0 saturated carbocycles. The summed E-state index contributed by atoms with van der Waals surface area (Å²) in [6.45, 7) is 1.84.